The van der Waals surface area contributed by atoms with Gasteiger partial charge in [0, 0.05) is 25.2 Å². The molecule has 156 valence electrons. The van der Waals surface area contributed by atoms with Crippen LogP contribution in [0, 0.1) is 0 Å². The van der Waals surface area contributed by atoms with Gasteiger partial charge < -0.3 is 24.3 Å². The summed E-state index contributed by atoms with van der Waals surface area (Å²) < 4.78 is 21.3. The normalized spacial score (nSPS) is 15.4. The standard InChI is InChI=1S/C22H28N2O5/c1-26-18-7-4-16(5-8-18)19(24-10-12-29-13-11-24)15-23-22(25)17-6-9-20(27-2)21(14-17)28-3/h4-9,14,19H,10-13,15H2,1-3H3,(H,23,25)/t19-/m0/s1. The highest BCUT2D eigenvalue weighted by molar-refractivity contribution is 5.94. The van der Waals surface area contributed by atoms with Crippen LogP contribution in [0.4, 0.5) is 0 Å². The van der Waals surface area contributed by atoms with Gasteiger partial charge in [-0.2, -0.15) is 0 Å². The number of carbonyl (C=O) groups excluding carboxylic acids is 1. The third-order valence-electron chi connectivity index (χ3n) is 5.09. The molecule has 0 saturated carbocycles. The number of ether oxygens (including phenoxy) is 4. The van der Waals surface area contributed by atoms with Gasteiger partial charge in [0.1, 0.15) is 5.75 Å². The number of rotatable bonds is 8. The Bertz CT molecular complexity index is 803. The van der Waals surface area contributed by atoms with Crippen LogP contribution in [0.2, 0.25) is 0 Å². The molecule has 3 rings (SSSR count). The van der Waals surface area contributed by atoms with E-state index >= 15 is 0 Å². The van der Waals surface area contributed by atoms with E-state index in [4.69, 9.17) is 18.9 Å². The largest absolute Gasteiger partial charge is 0.497 e. The Balaban J connectivity index is 1.74. The van der Waals surface area contributed by atoms with E-state index < -0.39 is 0 Å². The summed E-state index contributed by atoms with van der Waals surface area (Å²) in [5.74, 6) is 1.77. The molecule has 7 heteroatoms. The van der Waals surface area contributed by atoms with Crippen LogP contribution in [0.1, 0.15) is 22.0 Å². The number of amides is 1. The van der Waals surface area contributed by atoms with Crippen molar-refractivity contribution in [3.8, 4) is 17.2 Å². The fraction of sp³-hybridized carbons (Fsp3) is 0.409. The highest BCUT2D eigenvalue weighted by Crippen LogP contribution is 2.28. The molecule has 1 N–H and O–H groups in total. The van der Waals surface area contributed by atoms with Crippen LogP contribution in [0.15, 0.2) is 42.5 Å². The zero-order chi connectivity index (χ0) is 20.6. The zero-order valence-electron chi connectivity index (χ0n) is 17.1. The molecule has 29 heavy (non-hydrogen) atoms. The maximum Gasteiger partial charge on any atom is 0.251 e. The maximum absolute atomic E-state index is 12.8. The number of benzene rings is 2. The molecule has 1 amide bonds. The molecule has 1 saturated heterocycles. The predicted octanol–water partition coefficient (Wildman–Crippen LogP) is 2.52. The van der Waals surface area contributed by atoms with E-state index in [1.807, 2.05) is 24.3 Å². The number of hydrogen-bond donors (Lipinski definition) is 1. The smallest absolute Gasteiger partial charge is 0.251 e. The molecular formula is C22H28N2O5. The van der Waals surface area contributed by atoms with Gasteiger partial charge in [0.15, 0.2) is 11.5 Å². The van der Waals surface area contributed by atoms with Gasteiger partial charge in [-0.05, 0) is 35.9 Å². The highest BCUT2D eigenvalue weighted by Gasteiger charge is 2.23. The van der Waals surface area contributed by atoms with Crippen molar-refractivity contribution in [2.24, 2.45) is 0 Å². The summed E-state index contributed by atoms with van der Waals surface area (Å²) in [5, 5.41) is 3.06. The predicted molar refractivity (Wildman–Crippen MR) is 110 cm³/mol. The van der Waals surface area contributed by atoms with Gasteiger partial charge in [0.25, 0.3) is 5.91 Å². The summed E-state index contributed by atoms with van der Waals surface area (Å²) in [6.07, 6.45) is 0. The number of hydrogen-bond acceptors (Lipinski definition) is 6. The first kappa shape index (κ1) is 21.0. The van der Waals surface area contributed by atoms with Crippen LogP contribution in [-0.4, -0.2) is 65.0 Å². The van der Waals surface area contributed by atoms with Crippen molar-refractivity contribution in [2.45, 2.75) is 6.04 Å². The van der Waals surface area contributed by atoms with Crippen LogP contribution < -0.4 is 19.5 Å². The Kier molecular flexibility index (Phi) is 7.32. The Labute approximate surface area is 171 Å². The minimum Gasteiger partial charge on any atom is -0.497 e. The first-order valence-electron chi connectivity index (χ1n) is 9.62. The fourth-order valence-electron chi connectivity index (χ4n) is 3.44. The third-order valence-corrected chi connectivity index (χ3v) is 5.09. The molecule has 0 spiro atoms. The number of nitrogens with one attached hydrogen (secondary N) is 1. The van der Waals surface area contributed by atoms with Gasteiger partial charge >= 0.3 is 0 Å². The first-order valence-corrected chi connectivity index (χ1v) is 9.62. The van der Waals surface area contributed by atoms with E-state index in [1.165, 1.54) is 0 Å². The summed E-state index contributed by atoms with van der Waals surface area (Å²) in [7, 11) is 4.77. The summed E-state index contributed by atoms with van der Waals surface area (Å²) in [4.78, 5) is 15.1. The van der Waals surface area contributed by atoms with Crippen LogP contribution in [-0.2, 0) is 4.74 Å². The Morgan fingerprint density at radius 3 is 2.31 bits per heavy atom. The van der Waals surface area contributed by atoms with Gasteiger partial charge in [-0.3, -0.25) is 9.69 Å². The Morgan fingerprint density at radius 2 is 1.69 bits per heavy atom. The zero-order valence-corrected chi connectivity index (χ0v) is 17.1. The van der Waals surface area contributed by atoms with Crippen LogP contribution in [0.25, 0.3) is 0 Å². The molecule has 1 heterocycles. The van der Waals surface area contributed by atoms with Crippen molar-refractivity contribution in [3.05, 3.63) is 53.6 Å². The number of nitrogens with zero attached hydrogens (tertiary/aromatic N) is 1. The van der Waals surface area contributed by atoms with Gasteiger partial charge in [-0.15, -0.1) is 0 Å². The van der Waals surface area contributed by atoms with Crippen molar-refractivity contribution in [2.75, 3.05) is 54.2 Å². The van der Waals surface area contributed by atoms with Crippen molar-refractivity contribution in [1.29, 1.82) is 0 Å². The lowest BCUT2D eigenvalue weighted by Gasteiger charge is -2.35. The van der Waals surface area contributed by atoms with E-state index in [2.05, 4.69) is 10.2 Å². The maximum atomic E-state index is 12.8. The molecular weight excluding hydrogens is 372 g/mol. The topological polar surface area (TPSA) is 69.3 Å². The molecule has 0 unspecified atom stereocenters. The molecule has 0 radical (unpaired) electrons. The van der Waals surface area contributed by atoms with Crippen LogP contribution >= 0.6 is 0 Å². The van der Waals surface area contributed by atoms with Crippen molar-refractivity contribution in [3.63, 3.8) is 0 Å². The second kappa shape index (κ2) is 10.1. The summed E-state index contributed by atoms with van der Waals surface area (Å²) in [6.45, 7) is 3.51. The summed E-state index contributed by atoms with van der Waals surface area (Å²) in [5.41, 5.74) is 1.65. The lowest BCUT2D eigenvalue weighted by atomic mass is 10.0. The minimum atomic E-state index is -0.155. The lowest BCUT2D eigenvalue weighted by Crippen LogP contribution is -2.43. The van der Waals surface area contributed by atoms with Gasteiger partial charge in [-0.25, -0.2) is 0 Å². The Morgan fingerprint density at radius 1 is 1.00 bits per heavy atom. The minimum absolute atomic E-state index is 0.0499. The molecule has 1 aliphatic rings. The van der Waals surface area contributed by atoms with Crippen molar-refractivity contribution in [1.82, 2.24) is 10.2 Å². The van der Waals surface area contributed by atoms with E-state index in [0.29, 0.717) is 36.8 Å². The lowest BCUT2D eigenvalue weighted by molar-refractivity contribution is 0.0162. The fourth-order valence-corrected chi connectivity index (χ4v) is 3.44. The van der Waals surface area contributed by atoms with E-state index in [0.717, 1.165) is 24.4 Å². The molecule has 0 bridgehead atoms. The molecule has 1 aliphatic heterocycles. The van der Waals surface area contributed by atoms with Crippen molar-refractivity contribution < 1.29 is 23.7 Å². The molecule has 1 fully saturated rings. The average Bonchev–Trinajstić information content (AvgIpc) is 2.79. The average molecular weight is 400 g/mol. The number of methoxy groups -OCH3 is 3. The highest BCUT2D eigenvalue weighted by atomic mass is 16.5. The van der Waals surface area contributed by atoms with Crippen molar-refractivity contribution >= 4 is 5.91 Å². The summed E-state index contributed by atoms with van der Waals surface area (Å²) >= 11 is 0. The van der Waals surface area contributed by atoms with Gasteiger partial charge in [-0.1, -0.05) is 12.1 Å². The monoisotopic (exact) mass is 400 g/mol. The SMILES string of the molecule is COc1ccc([C@H](CNC(=O)c2ccc(OC)c(OC)c2)N2CCOCC2)cc1. The van der Waals surface area contributed by atoms with E-state index in [-0.39, 0.29) is 11.9 Å². The Hall–Kier alpha value is -2.77. The van der Waals surface area contributed by atoms with Gasteiger partial charge in [0.2, 0.25) is 0 Å². The second-order valence-electron chi connectivity index (χ2n) is 6.72. The van der Waals surface area contributed by atoms with Crippen LogP contribution in [0.5, 0.6) is 17.2 Å². The first-order chi connectivity index (χ1) is 14.2. The molecule has 1 atom stereocenters. The quantitative estimate of drug-likeness (QED) is 0.734. The molecule has 2 aromatic carbocycles. The third kappa shape index (κ3) is 5.19. The van der Waals surface area contributed by atoms with E-state index in [9.17, 15) is 4.79 Å². The molecule has 2 aromatic rings. The van der Waals surface area contributed by atoms with Gasteiger partial charge in [0.05, 0.1) is 40.6 Å². The summed E-state index contributed by atoms with van der Waals surface area (Å²) in [6, 6.07) is 13.2. The number of morpholine rings is 1. The molecule has 7 nitrogen and oxygen atoms in total. The van der Waals surface area contributed by atoms with E-state index in [1.54, 1.807) is 39.5 Å². The molecule has 0 aromatic heterocycles. The number of carbonyl (C=O) groups is 1. The second-order valence-corrected chi connectivity index (χ2v) is 6.72. The van der Waals surface area contributed by atoms with Crippen LogP contribution in [0.3, 0.4) is 0 Å². The molecule has 0 aliphatic carbocycles.